The molecule has 1 aliphatic carbocycles. The summed E-state index contributed by atoms with van der Waals surface area (Å²) in [4.78, 5) is 12.8. The van der Waals surface area contributed by atoms with Crippen molar-refractivity contribution in [1.29, 1.82) is 0 Å². The zero-order valence-corrected chi connectivity index (χ0v) is 19.3. The Morgan fingerprint density at radius 2 is 1.75 bits per heavy atom. The van der Waals surface area contributed by atoms with Crippen molar-refractivity contribution in [1.82, 2.24) is 4.72 Å². The van der Waals surface area contributed by atoms with Gasteiger partial charge in [-0.15, -0.1) is 0 Å². The second kappa shape index (κ2) is 8.63. The quantitative estimate of drug-likeness (QED) is 0.674. The lowest BCUT2D eigenvalue weighted by atomic mass is 9.94. The van der Waals surface area contributed by atoms with Gasteiger partial charge in [-0.25, -0.2) is 13.1 Å². The SMILES string of the molecule is COc1ccc(C(=O)Nc2ccc3c(c2)OC2(CCCCC2)O3)cc1S(=O)(=O)NC(C)C. The predicted molar refractivity (Wildman–Crippen MR) is 120 cm³/mol. The van der Waals surface area contributed by atoms with Crippen LogP contribution in [0.2, 0.25) is 0 Å². The summed E-state index contributed by atoms with van der Waals surface area (Å²) >= 11 is 0. The van der Waals surface area contributed by atoms with Gasteiger partial charge in [-0.1, -0.05) is 6.42 Å². The first-order chi connectivity index (χ1) is 15.2. The lowest BCUT2D eigenvalue weighted by molar-refractivity contribution is -0.105. The van der Waals surface area contributed by atoms with E-state index in [1.807, 2.05) is 0 Å². The van der Waals surface area contributed by atoms with E-state index in [0.29, 0.717) is 17.2 Å². The van der Waals surface area contributed by atoms with Gasteiger partial charge in [-0.05, 0) is 57.0 Å². The highest BCUT2D eigenvalue weighted by molar-refractivity contribution is 7.89. The third kappa shape index (κ3) is 4.54. The molecular formula is C23H28N2O6S. The zero-order valence-electron chi connectivity index (χ0n) is 18.4. The molecule has 2 N–H and O–H groups in total. The number of hydrogen-bond acceptors (Lipinski definition) is 6. The first-order valence-corrected chi connectivity index (χ1v) is 12.2. The first kappa shape index (κ1) is 22.4. The van der Waals surface area contributed by atoms with E-state index in [1.54, 1.807) is 32.0 Å². The zero-order chi connectivity index (χ0) is 22.9. The fourth-order valence-electron chi connectivity index (χ4n) is 4.07. The van der Waals surface area contributed by atoms with Crippen molar-refractivity contribution in [2.24, 2.45) is 0 Å². The number of benzene rings is 2. The summed E-state index contributed by atoms with van der Waals surface area (Å²) in [5.41, 5.74) is 0.724. The molecule has 2 aromatic carbocycles. The molecule has 0 unspecified atom stereocenters. The molecule has 8 nitrogen and oxygen atoms in total. The number of nitrogens with one attached hydrogen (secondary N) is 2. The number of anilines is 1. The summed E-state index contributed by atoms with van der Waals surface area (Å²) < 4.78 is 45.2. The van der Waals surface area contributed by atoms with Crippen LogP contribution in [0.5, 0.6) is 17.2 Å². The molecule has 0 atom stereocenters. The van der Waals surface area contributed by atoms with E-state index in [-0.39, 0.29) is 22.3 Å². The van der Waals surface area contributed by atoms with Crippen molar-refractivity contribution in [3.05, 3.63) is 42.0 Å². The van der Waals surface area contributed by atoms with Crippen LogP contribution in [-0.4, -0.2) is 33.3 Å². The Labute approximate surface area is 188 Å². The van der Waals surface area contributed by atoms with Crippen LogP contribution in [0.1, 0.15) is 56.3 Å². The third-order valence-corrected chi connectivity index (χ3v) is 7.19. The number of fused-ring (bicyclic) bond motifs is 1. The van der Waals surface area contributed by atoms with Crippen molar-refractivity contribution < 1.29 is 27.4 Å². The highest BCUT2D eigenvalue weighted by atomic mass is 32.2. The summed E-state index contributed by atoms with van der Waals surface area (Å²) in [5, 5.41) is 2.81. The van der Waals surface area contributed by atoms with Crippen LogP contribution in [0.4, 0.5) is 5.69 Å². The van der Waals surface area contributed by atoms with E-state index in [0.717, 1.165) is 25.7 Å². The van der Waals surface area contributed by atoms with Gasteiger partial charge in [-0.2, -0.15) is 0 Å². The normalized spacial score (nSPS) is 16.9. The number of carbonyl (C=O) groups is 1. The van der Waals surface area contributed by atoms with Crippen molar-refractivity contribution in [3.63, 3.8) is 0 Å². The predicted octanol–water partition coefficient (Wildman–Crippen LogP) is 4.07. The van der Waals surface area contributed by atoms with Gasteiger partial charge < -0.3 is 19.5 Å². The van der Waals surface area contributed by atoms with Gasteiger partial charge in [0, 0.05) is 36.2 Å². The summed E-state index contributed by atoms with van der Waals surface area (Å²) in [6.07, 6.45) is 4.99. The van der Waals surface area contributed by atoms with Crippen LogP contribution in [0.15, 0.2) is 41.3 Å². The molecule has 0 radical (unpaired) electrons. The maximum Gasteiger partial charge on any atom is 0.255 e. The second-order valence-corrected chi connectivity index (χ2v) is 10.1. The van der Waals surface area contributed by atoms with Gasteiger partial charge in [0.25, 0.3) is 11.7 Å². The van der Waals surface area contributed by atoms with Crippen LogP contribution < -0.4 is 24.2 Å². The lowest BCUT2D eigenvalue weighted by Crippen LogP contribution is -2.40. The summed E-state index contributed by atoms with van der Waals surface area (Å²) in [6.45, 7) is 3.44. The minimum atomic E-state index is -3.85. The number of carbonyl (C=O) groups excluding carboxylic acids is 1. The third-order valence-electron chi connectivity index (χ3n) is 5.52. The Morgan fingerprint density at radius 1 is 1.03 bits per heavy atom. The van der Waals surface area contributed by atoms with Crippen LogP contribution in [0.3, 0.4) is 0 Å². The van der Waals surface area contributed by atoms with Crippen LogP contribution in [0, 0.1) is 0 Å². The number of hydrogen-bond donors (Lipinski definition) is 2. The monoisotopic (exact) mass is 460 g/mol. The average Bonchev–Trinajstić information content (AvgIpc) is 3.09. The van der Waals surface area contributed by atoms with Gasteiger partial charge in [0.15, 0.2) is 11.5 Å². The molecule has 1 spiro atoms. The molecule has 2 aromatic rings. The molecule has 0 bridgehead atoms. The van der Waals surface area contributed by atoms with E-state index in [9.17, 15) is 13.2 Å². The van der Waals surface area contributed by atoms with Crippen molar-refractivity contribution in [2.45, 2.75) is 62.7 Å². The highest BCUT2D eigenvalue weighted by Gasteiger charge is 2.42. The maximum atomic E-state index is 12.9. The summed E-state index contributed by atoms with van der Waals surface area (Å²) in [5.74, 6) is 0.396. The molecule has 32 heavy (non-hydrogen) atoms. The van der Waals surface area contributed by atoms with Crippen molar-refractivity contribution in [3.8, 4) is 17.2 Å². The fourth-order valence-corrected chi connectivity index (χ4v) is 5.52. The molecule has 1 fully saturated rings. The number of ether oxygens (including phenoxy) is 3. The van der Waals surface area contributed by atoms with Gasteiger partial charge in [0.1, 0.15) is 10.6 Å². The smallest absolute Gasteiger partial charge is 0.255 e. The fraction of sp³-hybridized carbons (Fsp3) is 0.435. The summed E-state index contributed by atoms with van der Waals surface area (Å²) in [7, 11) is -2.46. The highest BCUT2D eigenvalue weighted by Crippen LogP contribution is 2.46. The molecule has 1 heterocycles. The average molecular weight is 461 g/mol. The van der Waals surface area contributed by atoms with Gasteiger partial charge >= 0.3 is 0 Å². The molecule has 1 saturated carbocycles. The number of sulfonamides is 1. The van der Waals surface area contributed by atoms with Crippen LogP contribution in [-0.2, 0) is 10.0 Å². The molecule has 1 amide bonds. The number of rotatable bonds is 6. The molecule has 0 aromatic heterocycles. The molecule has 0 saturated heterocycles. The molecule has 4 rings (SSSR count). The summed E-state index contributed by atoms with van der Waals surface area (Å²) in [6, 6.07) is 9.25. The Balaban J connectivity index is 1.54. The minimum absolute atomic E-state index is 0.0914. The molecule has 1 aliphatic heterocycles. The molecular weight excluding hydrogens is 432 g/mol. The molecule has 172 valence electrons. The van der Waals surface area contributed by atoms with Crippen LogP contribution in [0.25, 0.3) is 0 Å². The Kier molecular flexibility index (Phi) is 6.05. The molecule has 2 aliphatic rings. The van der Waals surface area contributed by atoms with Gasteiger partial charge in [0.05, 0.1) is 7.11 Å². The number of methoxy groups -OCH3 is 1. The standard InChI is InChI=1S/C23H28N2O6S/c1-15(2)25-32(27,28)21-13-16(7-9-19(21)29-3)22(26)24-17-8-10-18-20(14-17)31-23(30-18)11-5-4-6-12-23/h7-10,13-15,25H,4-6,11-12H2,1-3H3,(H,24,26). The van der Waals surface area contributed by atoms with E-state index < -0.39 is 21.7 Å². The van der Waals surface area contributed by atoms with E-state index in [1.165, 1.54) is 31.7 Å². The topological polar surface area (TPSA) is 103 Å². The second-order valence-electron chi connectivity index (χ2n) is 8.43. The van der Waals surface area contributed by atoms with E-state index in [2.05, 4.69) is 10.0 Å². The van der Waals surface area contributed by atoms with Gasteiger partial charge in [0.2, 0.25) is 10.0 Å². The largest absolute Gasteiger partial charge is 0.495 e. The lowest BCUT2D eigenvalue weighted by Gasteiger charge is -2.31. The van der Waals surface area contributed by atoms with E-state index >= 15 is 0 Å². The van der Waals surface area contributed by atoms with Gasteiger partial charge in [-0.3, -0.25) is 4.79 Å². The maximum absolute atomic E-state index is 12.9. The van der Waals surface area contributed by atoms with Crippen molar-refractivity contribution in [2.75, 3.05) is 12.4 Å². The molecule has 9 heteroatoms. The Hall–Kier alpha value is -2.78. The number of amides is 1. The minimum Gasteiger partial charge on any atom is -0.495 e. The Morgan fingerprint density at radius 3 is 2.44 bits per heavy atom. The van der Waals surface area contributed by atoms with E-state index in [4.69, 9.17) is 14.2 Å². The first-order valence-electron chi connectivity index (χ1n) is 10.8. The van der Waals surface area contributed by atoms with Crippen molar-refractivity contribution >= 4 is 21.6 Å². The Bertz CT molecular complexity index is 1120. The van der Waals surface area contributed by atoms with Crippen LogP contribution >= 0.6 is 0 Å².